The predicted molar refractivity (Wildman–Crippen MR) is 126 cm³/mol. The van der Waals surface area contributed by atoms with Crippen LogP contribution in [0.15, 0.2) is 27.8 Å². The van der Waals surface area contributed by atoms with Gasteiger partial charge in [0.1, 0.15) is 5.75 Å². The molecule has 170 valence electrons. The van der Waals surface area contributed by atoms with Gasteiger partial charge in [-0.1, -0.05) is 18.1 Å². The van der Waals surface area contributed by atoms with Gasteiger partial charge < -0.3 is 21.1 Å². The number of benzene rings is 1. The van der Waals surface area contributed by atoms with Gasteiger partial charge in [-0.05, 0) is 25.5 Å². The molecule has 0 amide bonds. The lowest BCUT2D eigenvalue weighted by atomic mass is 10.1. The second-order valence-corrected chi connectivity index (χ2v) is 7.72. The number of imidazole rings is 1. The Morgan fingerprint density at radius 2 is 2.00 bits per heavy atom. The van der Waals surface area contributed by atoms with E-state index in [2.05, 4.69) is 16.8 Å². The van der Waals surface area contributed by atoms with E-state index in [1.165, 1.54) is 11.7 Å². The van der Waals surface area contributed by atoms with Crippen LogP contribution in [-0.2, 0) is 20.1 Å². The zero-order valence-electron chi connectivity index (χ0n) is 19.0. The van der Waals surface area contributed by atoms with Gasteiger partial charge in [0.05, 0.1) is 25.9 Å². The molecule has 0 fully saturated rings. The summed E-state index contributed by atoms with van der Waals surface area (Å²) >= 11 is 0. The number of aromatic nitrogens is 4. The number of nitrogens with two attached hydrogens (primary N) is 2. The third-order valence-electron chi connectivity index (χ3n) is 5.23. The average molecular weight is 440 g/mol. The summed E-state index contributed by atoms with van der Waals surface area (Å²) in [6.45, 7) is 4.38. The van der Waals surface area contributed by atoms with Crippen LogP contribution in [0.5, 0.6) is 5.75 Å². The summed E-state index contributed by atoms with van der Waals surface area (Å²) in [5.74, 6) is 6.84. The molecule has 4 N–H and O–H groups in total. The smallest absolute Gasteiger partial charge is 0.332 e. The van der Waals surface area contributed by atoms with Crippen molar-refractivity contribution in [2.45, 2.75) is 33.0 Å². The van der Waals surface area contributed by atoms with Crippen molar-refractivity contribution in [3.63, 3.8) is 0 Å². The van der Waals surface area contributed by atoms with Crippen molar-refractivity contribution >= 4 is 22.8 Å². The minimum atomic E-state index is -0.489. The molecule has 10 nitrogen and oxygen atoms in total. The fraction of sp³-hybridized carbons (Fsp3) is 0.409. The Bertz CT molecular complexity index is 1320. The van der Waals surface area contributed by atoms with E-state index >= 15 is 0 Å². The normalized spacial score (nSPS) is 11.8. The van der Waals surface area contributed by atoms with E-state index in [0.29, 0.717) is 40.7 Å². The molecule has 10 heteroatoms. The third kappa shape index (κ3) is 4.07. The molecule has 0 radical (unpaired) electrons. The van der Waals surface area contributed by atoms with Crippen LogP contribution in [0.4, 0.5) is 11.6 Å². The fourth-order valence-corrected chi connectivity index (χ4v) is 3.69. The van der Waals surface area contributed by atoms with Crippen LogP contribution < -0.4 is 32.4 Å². The number of aryl methyl sites for hydroxylation is 1. The second kappa shape index (κ2) is 9.20. The summed E-state index contributed by atoms with van der Waals surface area (Å²) in [6.07, 6.45) is 0. The first-order valence-electron chi connectivity index (χ1n) is 10.2. The Morgan fingerprint density at radius 1 is 1.28 bits per heavy atom. The van der Waals surface area contributed by atoms with Crippen molar-refractivity contribution in [3.05, 3.63) is 44.6 Å². The molecule has 2 aromatic heterocycles. The van der Waals surface area contributed by atoms with E-state index in [9.17, 15) is 9.59 Å². The number of nitrogens with zero attached hydrogens (tertiary/aromatic N) is 5. The molecule has 0 saturated heterocycles. The van der Waals surface area contributed by atoms with Crippen LogP contribution >= 0.6 is 0 Å². The summed E-state index contributed by atoms with van der Waals surface area (Å²) < 4.78 is 9.51. The molecule has 0 aliphatic heterocycles. The second-order valence-electron chi connectivity index (χ2n) is 7.72. The van der Waals surface area contributed by atoms with Gasteiger partial charge in [0.25, 0.3) is 5.56 Å². The summed E-state index contributed by atoms with van der Waals surface area (Å²) in [7, 11) is 4.95. The van der Waals surface area contributed by atoms with Gasteiger partial charge in [0, 0.05) is 26.7 Å². The molecule has 3 rings (SSSR count). The summed E-state index contributed by atoms with van der Waals surface area (Å²) in [5, 5.41) is 0. The van der Waals surface area contributed by atoms with Crippen LogP contribution in [-0.4, -0.2) is 45.4 Å². The highest BCUT2D eigenvalue weighted by Crippen LogP contribution is 2.25. The highest BCUT2D eigenvalue weighted by atomic mass is 16.5. The molecule has 1 atom stereocenters. The standard InChI is InChI=1S/C22H29N7O3/c1-6-7-11-28-18-19(25-21(28)26(3)12-14(2)23)27(4)22(31)29(20(18)30)13-15-9-8-10-16(32-5)17(15)24/h8-10,14H,11-13,23-24H2,1-5H3. The maximum absolute atomic E-state index is 13.5. The molecule has 1 unspecified atom stereocenters. The molecular weight excluding hydrogens is 410 g/mol. The van der Waals surface area contributed by atoms with Crippen molar-refractivity contribution in [3.8, 4) is 17.6 Å². The third-order valence-corrected chi connectivity index (χ3v) is 5.23. The SMILES string of the molecule is CC#CCn1c(N(C)CC(C)N)nc2c1c(=O)n(Cc1cccc(OC)c1N)c(=O)n2C. The number of hydrogen-bond acceptors (Lipinski definition) is 7. The first kappa shape index (κ1) is 23.0. The number of fused-ring (bicyclic) bond motifs is 1. The van der Waals surface area contributed by atoms with Crippen molar-refractivity contribution < 1.29 is 4.74 Å². The van der Waals surface area contributed by atoms with Crippen molar-refractivity contribution in [1.29, 1.82) is 0 Å². The van der Waals surface area contributed by atoms with Gasteiger partial charge in [0.2, 0.25) is 5.95 Å². The summed E-state index contributed by atoms with van der Waals surface area (Å²) in [4.78, 5) is 33.1. The van der Waals surface area contributed by atoms with E-state index in [1.54, 1.807) is 36.7 Å². The molecule has 0 aliphatic carbocycles. The lowest BCUT2D eigenvalue weighted by Crippen LogP contribution is -2.40. The number of methoxy groups -OCH3 is 1. The van der Waals surface area contributed by atoms with Gasteiger partial charge in [-0.15, -0.1) is 5.92 Å². The number of likely N-dealkylation sites (N-methyl/N-ethyl adjacent to an activating group) is 1. The van der Waals surface area contributed by atoms with Crippen LogP contribution in [0.2, 0.25) is 0 Å². The Kier molecular flexibility index (Phi) is 6.60. The van der Waals surface area contributed by atoms with Crippen LogP contribution in [0.25, 0.3) is 11.2 Å². The maximum atomic E-state index is 13.5. The zero-order valence-corrected chi connectivity index (χ0v) is 19.0. The van der Waals surface area contributed by atoms with E-state index in [4.69, 9.17) is 16.2 Å². The number of anilines is 2. The summed E-state index contributed by atoms with van der Waals surface area (Å²) in [6, 6.07) is 5.14. The molecular formula is C22H29N7O3. The Hall–Kier alpha value is -3.71. The minimum Gasteiger partial charge on any atom is -0.495 e. The Morgan fingerprint density at radius 3 is 2.62 bits per heavy atom. The molecule has 0 aliphatic rings. The number of nitrogen functional groups attached to an aromatic ring is 1. The van der Waals surface area contributed by atoms with E-state index in [0.717, 1.165) is 4.57 Å². The molecule has 0 saturated carbocycles. The van der Waals surface area contributed by atoms with Crippen molar-refractivity contribution in [1.82, 2.24) is 18.7 Å². The molecule has 0 spiro atoms. The Balaban J connectivity index is 2.27. The van der Waals surface area contributed by atoms with E-state index in [1.807, 2.05) is 18.9 Å². The van der Waals surface area contributed by atoms with Crippen LogP contribution in [0, 0.1) is 11.8 Å². The number of para-hydroxylation sites is 1. The number of hydrogen-bond donors (Lipinski definition) is 2. The monoisotopic (exact) mass is 439 g/mol. The Labute approximate surface area is 186 Å². The topological polar surface area (TPSA) is 126 Å². The predicted octanol–water partition coefficient (Wildman–Crippen LogP) is 0.343. The highest BCUT2D eigenvalue weighted by molar-refractivity contribution is 5.75. The van der Waals surface area contributed by atoms with Gasteiger partial charge in [-0.3, -0.25) is 18.5 Å². The van der Waals surface area contributed by atoms with Crippen molar-refractivity contribution in [2.75, 3.05) is 31.3 Å². The average Bonchev–Trinajstić information content (AvgIpc) is 3.14. The number of rotatable bonds is 7. The molecule has 32 heavy (non-hydrogen) atoms. The lowest BCUT2D eigenvalue weighted by Gasteiger charge is -2.20. The van der Waals surface area contributed by atoms with E-state index < -0.39 is 11.2 Å². The molecule has 0 bridgehead atoms. The lowest BCUT2D eigenvalue weighted by molar-refractivity contribution is 0.416. The first-order chi connectivity index (χ1) is 15.2. The van der Waals surface area contributed by atoms with Gasteiger partial charge in [-0.2, -0.15) is 4.98 Å². The van der Waals surface area contributed by atoms with Gasteiger partial charge in [0.15, 0.2) is 11.2 Å². The van der Waals surface area contributed by atoms with Gasteiger partial charge >= 0.3 is 5.69 Å². The van der Waals surface area contributed by atoms with E-state index in [-0.39, 0.29) is 19.1 Å². The summed E-state index contributed by atoms with van der Waals surface area (Å²) in [5.41, 5.74) is 12.8. The molecule has 1 aromatic carbocycles. The minimum absolute atomic E-state index is 0.000122. The zero-order chi connectivity index (χ0) is 23.6. The van der Waals surface area contributed by atoms with Crippen LogP contribution in [0.1, 0.15) is 19.4 Å². The first-order valence-corrected chi connectivity index (χ1v) is 10.2. The van der Waals surface area contributed by atoms with Gasteiger partial charge in [-0.25, -0.2) is 4.79 Å². The quantitative estimate of drug-likeness (QED) is 0.402. The maximum Gasteiger partial charge on any atom is 0.332 e. The van der Waals surface area contributed by atoms with Crippen LogP contribution in [0.3, 0.4) is 0 Å². The fourth-order valence-electron chi connectivity index (χ4n) is 3.69. The molecule has 2 heterocycles. The highest BCUT2D eigenvalue weighted by Gasteiger charge is 2.22. The molecule has 3 aromatic rings. The van der Waals surface area contributed by atoms with Crippen molar-refractivity contribution in [2.24, 2.45) is 12.8 Å². The largest absolute Gasteiger partial charge is 0.495 e. The number of ether oxygens (including phenoxy) is 1.